The molecule has 5 heteroatoms. The minimum Gasteiger partial charge on any atom is -0.314 e. The summed E-state index contributed by atoms with van der Waals surface area (Å²) in [5.74, 6) is 0. The summed E-state index contributed by atoms with van der Waals surface area (Å²) in [7, 11) is 0. The van der Waals surface area contributed by atoms with Crippen LogP contribution in [-0.4, -0.2) is 40.5 Å². The molecule has 1 saturated heterocycles. The number of benzene rings is 1. The Labute approximate surface area is 150 Å². The van der Waals surface area contributed by atoms with Gasteiger partial charge in [0, 0.05) is 49.0 Å². The summed E-state index contributed by atoms with van der Waals surface area (Å²) in [6.45, 7) is 7.34. The molecule has 0 amide bonds. The standard InChI is InChI=1S/C19H21BrN4/c1-14-3-2-10-24-17(13-23-11-8-21-9-12-23)18(22-19(14)24)15-4-6-16(20)7-5-15/h2-7,10,21H,8-9,11-13H2,1H3. The first-order valence-corrected chi connectivity index (χ1v) is 9.17. The molecular weight excluding hydrogens is 364 g/mol. The number of pyridine rings is 1. The van der Waals surface area contributed by atoms with Crippen LogP contribution in [0.3, 0.4) is 0 Å². The van der Waals surface area contributed by atoms with E-state index < -0.39 is 0 Å². The van der Waals surface area contributed by atoms with Crippen molar-refractivity contribution in [1.82, 2.24) is 19.6 Å². The second kappa shape index (κ2) is 6.67. The number of piperazine rings is 1. The number of rotatable bonds is 3. The smallest absolute Gasteiger partial charge is 0.140 e. The van der Waals surface area contributed by atoms with Gasteiger partial charge in [0.1, 0.15) is 5.65 Å². The summed E-state index contributed by atoms with van der Waals surface area (Å²) in [4.78, 5) is 7.49. The van der Waals surface area contributed by atoms with Crippen LogP contribution in [0.4, 0.5) is 0 Å². The first-order valence-electron chi connectivity index (χ1n) is 8.38. The molecule has 1 aliphatic heterocycles. The van der Waals surface area contributed by atoms with Crippen molar-refractivity contribution in [3.63, 3.8) is 0 Å². The van der Waals surface area contributed by atoms with Crippen LogP contribution in [0.15, 0.2) is 47.1 Å². The Morgan fingerprint density at radius 2 is 1.88 bits per heavy atom. The van der Waals surface area contributed by atoms with Crippen molar-refractivity contribution in [3.05, 3.63) is 58.3 Å². The van der Waals surface area contributed by atoms with Crippen LogP contribution in [0.5, 0.6) is 0 Å². The largest absolute Gasteiger partial charge is 0.314 e. The molecule has 0 atom stereocenters. The molecular formula is C19H21BrN4. The first-order chi connectivity index (χ1) is 11.7. The molecule has 0 bridgehead atoms. The predicted octanol–water partition coefficient (Wildman–Crippen LogP) is 3.48. The SMILES string of the molecule is Cc1cccn2c(CN3CCNCC3)c(-c3ccc(Br)cc3)nc12. The maximum Gasteiger partial charge on any atom is 0.140 e. The Morgan fingerprint density at radius 1 is 1.12 bits per heavy atom. The molecule has 0 aliphatic carbocycles. The van der Waals surface area contributed by atoms with Crippen molar-refractivity contribution < 1.29 is 0 Å². The Kier molecular flexibility index (Phi) is 4.39. The Morgan fingerprint density at radius 3 is 2.62 bits per heavy atom. The van der Waals surface area contributed by atoms with E-state index in [1.54, 1.807) is 0 Å². The number of aryl methyl sites for hydroxylation is 1. The fourth-order valence-corrected chi connectivity index (χ4v) is 3.59. The lowest BCUT2D eigenvalue weighted by atomic mass is 10.1. The lowest BCUT2D eigenvalue weighted by Crippen LogP contribution is -2.43. The van der Waals surface area contributed by atoms with Crippen molar-refractivity contribution in [2.24, 2.45) is 0 Å². The average Bonchev–Trinajstić information content (AvgIpc) is 2.97. The number of imidazole rings is 1. The van der Waals surface area contributed by atoms with E-state index in [4.69, 9.17) is 4.98 Å². The third kappa shape index (κ3) is 2.99. The fourth-order valence-electron chi connectivity index (χ4n) is 3.32. The second-order valence-electron chi connectivity index (χ2n) is 6.32. The molecule has 1 N–H and O–H groups in total. The lowest BCUT2D eigenvalue weighted by molar-refractivity contribution is 0.230. The monoisotopic (exact) mass is 384 g/mol. The van der Waals surface area contributed by atoms with Gasteiger partial charge in [-0.05, 0) is 30.7 Å². The number of hydrogen-bond acceptors (Lipinski definition) is 3. The Balaban J connectivity index is 1.83. The molecule has 3 aromatic rings. The number of fused-ring (bicyclic) bond motifs is 1. The zero-order valence-corrected chi connectivity index (χ0v) is 15.4. The van der Waals surface area contributed by atoms with Gasteiger partial charge >= 0.3 is 0 Å². The van der Waals surface area contributed by atoms with E-state index in [1.165, 1.54) is 16.8 Å². The van der Waals surface area contributed by atoms with Crippen LogP contribution >= 0.6 is 15.9 Å². The summed E-state index contributed by atoms with van der Waals surface area (Å²) in [6, 6.07) is 12.7. The van der Waals surface area contributed by atoms with Gasteiger partial charge in [-0.2, -0.15) is 0 Å². The van der Waals surface area contributed by atoms with Crippen LogP contribution < -0.4 is 5.32 Å². The van der Waals surface area contributed by atoms with E-state index in [0.717, 1.165) is 48.5 Å². The molecule has 1 aromatic carbocycles. The highest BCUT2D eigenvalue weighted by Crippen LogP contribution is 2.28. The zero-order chi connectivity index (χ0) is 16.5. The van der Waals surface area contributed by atoms with Crippen molar-refractivity contribution in [2.45, 2.75) is 13.5 Å². The van der Waals surface area contributed by atoms with Crippen molar-refractivity contribution >= 4 is 21.6 Å². The van der Waals surface area contributed by atoms with Crippen LogP contribution in [0, 0.1) is 6.92 Å². The van der Waals surface area contributed by atoms with Crippen LogP contribution in [0.1, 0.15) is 11.3 Å². The lowest BCUT2D eigenvalue weighted by Gasteiger charge is -2.27. The first kappa shape index (κ1) is 15.8. The molecule has 0 saturated carbocycles. The van der Waals surface area contributed by atoms with Crippen LogP contribution in [0.2, 0.25) is 0 Å². The van der Waals surface area contributed by atoms with Gasteiger partial charge in [-0.1, -0.05) is 34.1 Å². The number of hydrogen-bond donors (Lipinski definition) is 1. The maximum atomic E-state index is 4.98. The van der Waals surface area contributed by atoms with Crippen molar-refractivity contribution in [1.29, 1.82) is 0 Å². The topological polar surface area (TPSA) is 32.6 Å². The second-order valence-corrected chi connectivity index (χ2v) is 7.24. The minimum atomic E-state index is 0.928. The van der Waals surface area contributed by atoms with Gasteiger partial charge < -0.3 is 9.72 Å². The summed E-state index contributed by atoms with van der Waals surface area (Å²) >= 11 is 3.52. The molecule has 1 aliphatic rings. The normalized spacial score (nSPS) is 15.9. The third-order valence-electron chi connectivity index (χ3n) is 4.64. The minimum absolute atomic E-state index is 0.928. The molecule has 0 unspecified atom stereocenters. The highest BCUT2D eigenvalue weighted by molar-refractivity contribution is 9.10. The molecule has 1 fully saturated rings. The molecule has 124 valence electrons. The van der Waals surface area contributed by atoms with E-state index in [2.05, 4.69) is 80.1 Å². The van der Waals surface area contributed by atoms with Gasteiger partial charge in [-0.3, -0.25) is 4.90 Å². The number of aromatic nitrogens is 2. The van der Waals surface area contributed by atoms with E-state index in [1.807, 2.05) is 0 Å². The molecule has 3 heterocycles. The fraction of sp³-hybridized carbons (Fsp3) is 0.316. The van der Waals surface area contributed by atoms with Gasteiger partial charge in [0.15, 0.2) is 0 Å². The highest BCUT2D eigenvalue weighted by Gasteiger charge is 2.19. The average molecular weight is 385 g/mol. The molecule has 0 spiro atoms. The van der Waals surface area contributed by atoms with Crippen molar-refractivity contribution in [2.75, 3.05) is 26.2 Å². The van der Waals surface area contributed by atoms with Gasteiger partial charge in [0.2, 0.25) is 0 Å². The summed E-state index contributed by atoms with van der Waals surface area (Å²) in [5, 5.41) is 3.42. The van der Waals surface area contributed by atoms with Gasteiger partial charge in [-0.25, -0.2) is 4.98 Å². The molecule has 0 radical (unpaired) electrons. The molecule has 24 heavy (non-hydrogen) atoms. The number of halogens is 1. The van der Waals surface area contributed by atoms with Crippen LogP contribution in [-0.2, 0) is 6.54 Å². The Hall–Kier alpha value is -1.69. The molecule has 4 rings (SSSR count). The van der Waals surface area contributed by atoms with Gasteiger partial charge in [-0.15, -0.1) is 0 Å². The number of nitrogens with zero attached hydrogens (tertiary/aromatic N) is 3. The quantitative estimate of drug-likeness (QED) is 0.750. The van der Waals surface area contributed by atoms with Crippen LogP contribution in [0.25, 0.3) is 16.9 Å². The maximum absolute atomic E-state index is 4.98. The van der Waals surface area contributed by atoms with Gasteiger partial charge in [0.25, 0.3) is 0 Å². The van der Waals surface area contributed by atoms with Gasteiger partial charge in [0.05, 0.1) is 11.4 Å². The highest BCUT2D eigenvalue weighted by atomic mass is 79.9. The summed E-state index contributed by atoms with van der Waals surface area (Å²) < 4.78 is 3.35. The van der Waals surface area contributed by atoms with E-state index in [0.29, 0.717) is 0 Å². The number of nitrogens with one attached hydrogen (secondary N) is 1. The summed E-state index contributed by atoms with van der Waals surface area (Å²) in [6.07, 6.45) is 2.13. The summed E-state index contributed by atoms with van der Waals surface area (Å²) in [5.41, 5.74) is 5.81. The zero-order valence-electron chi connectivity index (χ0n) is 13.8. The van der Waals surface area contributed by atoms with E-state index >= 15 is 0 Å². The molecule has 4 nitrogen and oxygen atoms in total. The molecule has 2 aromatic heterocycles. The van der Waals surface area contributed by atoms with Crippen molar-refractivity contribution in [3.8, 4) is 11.3 Å². The third-order valence-corrected chi connectivity index (χ3v) is 5.17. The predicted molar refractivity (Wildman–Crippen MR) is 101 cm³/mol. The van der Waals surface area contributed by atoms with E-state index in [9.17, 15) is 0 Å². The van der Waals surface area contributed by atoms with E-state index in [-0.39, 0.29) is 0 Å². The Bertz CT molecular complexity index is 848.